The number of halogens is 2. The number of nitrogens with two attached hydrogens (primary N) is 1. The molecule has 0 aliphatic heterocycles. The Morgan fingerprint density at radius 3 is 2.67 bits per heavy atom. The standard InChI is InChI=1S/C16H22F2N6/c1-3-11(18)8-21-16-22-10-13(15(19)23-16)14-5-4-12(9-20-14)24(2)7-6-17/h4-5,9-11H,3,6-8H2,1-2H3,(H3,19,21,22,23)/t11-/m0/s1. The van der Waals surface area contributed by atoms with Gasteiger partial charge in [-0.05, 0) is 18.6 Å². The van der Waals surface area contributed by atoms with Gasteiger partial charge in [-0.2, -0.15) is 4.98 Å². The zero-order chi connectivity index (χ0) is 17.5. The lowest BCUT2D eigenvalue weighted by Gasteiger charge is -2.17. The van der Waals surface area contributed by atoms with Crippen LogP contribution in [-0.2, 0) is 0 Å². The van der Waals surface area contributed by atoms with Crippen molar-refractivity contribution >= 4 is 17.5 Å². The average Bonchev–Trinajstić information content (AvgIpc) is 2.60. The minimum Gasteiger partial charge on any atom is -0.383 e. The molecule has 0 aromatic carbocycles. The molecule has 2 aromatic rings. The Labute approximate surface area is 140 Å². The van der Waals surface area contributed by atoms with Gasteiger partial charge in [0.05, 0.1) is 23.1 Å². The number of hydrogen-bond acceptors (Lipinski definition) is 6. The van der Waals surface area contributed by atoms with Gasteiger partial charge in [0, 0.05) is 26.3 Å². The van der Waals surface area contributed by atoms with Gasteiger partial charge in [-0.15, -0.1) is 0 Å². The minimum absolute atomic E-state index is 0.142. The third kappa shape index (κ3) is 4.50. The molecule has 0 unspecified atom stereocenters. The van der Waals surface area contributed by atoms with Gasteiger partial charge in [-0.3, -0.25) is 4.98 Å². The van der Waals surface area contributed by atoms with E-state index in [2.05, 4.69) is 20.3 Å². The zero-order valence-electron chi connectivity index (χ0n) is 13.8. The normalized spacial score (nSPS) is 12.0. The van der Waals surface area contributed by atoms with Gasteiger partial charge in [0.2, 0.25) is 5.95 Å². The summed E-state index contributed by atoms with van der Waals surface area (Å²) in [5.41, 5.74) is 7.97. The van der Waals surface area contributed by atoms with E-state index < -0.39 is 12.8 Å². The maximum Gasteiger partial charge on any atom is 0.224 e. The van der Waals surface area contributed by atoms with E-state index in [0.717, 1.165) is 5.69 Å². The smallest absolute Gasteiger partial charge is 0.224 e. The molecule has 0 aliphatic carbocycles. The Kier molecular flexibility index (Phi) is 6.22. The van der Waals surface area contributed by atoms with Crippen molar-refractivity contribution in [3.63, 3.8) is 0 Å². The Hall–Kier alpha value is -2.51. The van der Waals surface area contributed by atoms with Gasteiger partial charge in [0.25, 0.3) is 0 Å². The molecule has 0 aliphatic rings. The second kappa shape index (κ2) is 8.37. The van der Waals surface area contributed by atoms with Gasteiger partial charge >= 0.3 is 0 Å². The van der Waals surface area contributed by atoms with Crippen LogP contribution in [0.15, 0.2) is 24.5 Å². The number of pyridine rings is 1. The van der Waals surface area contributed by atoms with Crippen LogP contribution in [0.5, 0.6) is 0 Å². The quantitative estimate of drug-likeness (QED) is 0.771. The fourth-order valence-corrected chi connectivity index (χ4v) is 2.05. The lowest BCUT2D eigenvalue weighted by molar-refractivity contribution is 0.340. The van der Waals surface area contributed by atoms with Gasteiger partial charge in [0.1, 0.15) is 18.7 Å². The molecule has 8 heteroatoms. The van der Waals surface area contributed by atoms with E-state index in [1.54, 1.807) is 37.3 Å². The van der Waals surface area contributed by atoms with E-state index in [1.807, 2.05) is 6.07 Å². The molecule has 2 aromatic heterocycles. The Bertz CT molecular complexity index is 650. The van der Waals surface area contributed by atoms with Gasteiger partial charge in [0.15, 0.2) is 0 Å². The van der Waals surface area contributed by atoms with Gasteiger partial charge in [-0.1, -0.05) is 6.92 Å². The van der Waals surface area contributed by atoms with E-state index in [1.165, 1.54) is 0 Å². The SMILES string of the molecule is CC[C@H](F)CNc1ncc(-c2ccc(N(C)CCF)cn2)c(N)n1. The molecule has 0 spiro atoms. The molecular weight excluding hydrogens is 314 g/mol. The van der Waals surface area contributed by atoms with Crippen LogP contribution >= 0.6 is 0 Å². The van der Waals surface area contributed by atoms with E-state index in [0.29, 0.717) is 24.2 Å². The van der Waals surface area contributed by atoms with Crippen LogP contribution in [0.4, 0.5) is 26.2 Å². The average molecular weight is 336 g/mol. The van der Waals surface area contributed by atoms with Crippen LogP contribution < -0.4 is 16.0 Å². The molecule has 6 nitrogen and oxygen atoms in total. The van der Waals surface area contributed by atoms with E-state index in [9.17, 15) is 8.78 Å². The first-order valence-electron chi connectivity index (χ1n) is 7.79. The van der Waals surface area contributed by atoms with Gasteiger partial charge < -0.3 is 16.0 Å². The molecule has 0 saturated carbocycles. The summed E-state index contributed by atoms with van der Waals surface area (Å²) in [6, 6.07) is 3.61. The molecule has 2 heterocycles. The van der Waals surface area contributed by atoms with Crippen LogP contribution in [0.25, 0.3) is 11.3 Å². The van der Waals surface area contributed by atoms with E-state index in [4.69, 9.17) is 5.73 Å². The number of hydrogen-bond donors (Lipinski definition) is 2. The monoisotopic (exact) mass is 336 g/mol. The highest BCUT2D eigenvalue weighted by Gasteiger charge is 2.10. The highest BCUT2D eigenvalue weighted by molar-refractivity contribution is 5.71. The van der Waals surface area contributed by atoms with Gasteiger partial charge in [-0.25, -0.2) is 13.8 Å². The Balaban J connectivity index is 2.11. The van der Waals surface area contributed by atoms with Crippen molar-refractivity contribution < 1.29 is 8.78 Å². The molecule has 0 radical (unpaired) electrons. The summed E-state index contributed by atoms with van der Waals surface area (Å²) in [4.78, 5) is 14.4. The fourth-order valence-electron chi connectivity index (χ4n) is 2.05. The number of aromatic nitrogens is 3. The number of anilines is 3. The molecule has 130 valence electrons. The van der Waals surface area contributed by atoms with Crippen molar-refractivity contribution in [1.82, 2.24) is 15.0 Å². The second-order valence-corrected chi connectivity index (χ2v) is 5.39. The molecule has 24 heavy (non-hydrogen) atoms. The van der Waals surface area contributed by atoms with Crippen molar-refractivity contribution in [1.29, 1.82) is 0 Å². The largest absolute Gasteiger partial charge is 0.383 e. The third-order valence-electron chi connectivity index (χ3n) is 3.63. The lowest BCUT2D eigenvalue weighted by atomic mass is 10.2. The summed E-state index contributed by atoms with van der Waals surface area (Å²) >= 11 is 0. The zero-order valence-corrected chi connectivity index (χ0v) is 13.8. The number of alkyl halides is 2. The number of rotatable bonds is 8. The Morgan fingerprint density at radius 1 is 1.29 bits per heavy atom. The summed E-state index contributed by atoms with van der Waals surface area (Å²) in [5.74, 6) is 0.545. The van der Waals surface area contributed by atoms with Crippen LogP contribution in [0, 0.1) is 0 Å². The van der Waals surface area contributed by atoms with Crippen molar-refractivity contribution in [3.05, 3.63) is 24.5 Å². The Morgan fingerprint density at radius 2 is 2.08 bits per heavy atom. The highest BCUT2D eigenvalue weighted by Crippen LogP contribution is 2.24. The second-order valence-electron chi connectivity index (χ2n) is 5.39. The first-order valence-corrected chi connectivity index (χ1v) is 7.79. The van der Waals surface area contributed by atoms with Crippen LogP contribution in [0.1, 0.15) is 13.3 Å². The van der Waals surface area contributed by atoms with Crippen molar-refractivity contribution in [3.8, 4) is 11.3 Å². The van der Waals surface area contributed by atoms with Crippen molar-refractivity contribution in [2.45, 2.75) is 19.5 Å². The summed E-state index contributed by atoms with van der Waals surface area (Å²) in [7, 11) is 1.79. The fraction of sp³-hybridized carbons (Fsp3) is 0.438. The first kappa shape index (κ1) is 17.8. The van der Waals surface area contributed by atoms with Crippen LogP contribution in [0.3, 0.4) is 0 Å². The summed E-state index contributed by atoms with van der Waals surface area (Å²) in [6.45, 7) is 1.79. The predicted octanol–water partition coefficient (Wildman–Crippen LogP) is 2.69. The summed E-state index contributed by atoms with van der Waals surface area (Å²) < 4.78 is 25.6. The number of nitrogens with one attached hydrogen (secondary N) is 1. The van der Waals surface area contributed by atoms with Crippen molar-refractivity contribution in [2.75, 3.05) is 42.8 Å². The van der Waals surface area contributed by atoms with E-state index >= 15 is 0 Å². The van der Waals surface area contributed by atoms with Crippen molar-refractivity contribution in [2.24, 2.45) is 0 Å². The molecular formula is C16H22F2N6. The minimum atomic E-state index is -0.954. The van der Waals surface area contributed by atoms with Crippen LogP contribution in [-0.4, -0.2) is 47.9 Å². The molecule has 3 N–H and O–H groups in total. The predicted molar refractivity (Wildman–Crippen MR) is 92.6 cm³/mol. The number of nitrogen functional groups attached to an aromatic ring is 1. The molecule has 0 amide bonds. The molecule has 0 bridgehead atoms. The maximum atomic E-state index is 13.2. The molecule has 0 saturated heterocycles. The van der Waals surface area contributed by atoms with Crippen LogP contribution in [0.2, 0.25) is 0 Å². The summed E-state index contributed by atoms with van der Waals surface area (Å²) in [6.07, 6.45) is 2.67. The number of nitrogens with zero attached hydrogens (tertiary/aromatic N) is 4. The maximum absolute atomic E-state index is 13.2. The lowest BCUT2D eigenvalue weighted by Crippen LogP contribution is -2.19. The molecule has 0 fully saturated rings. The summed E-state index contributed by atoms with van der Waals surface area (Å²) in [5, 5.41) is 2.81. The molecule has 1 atom stereocenters. The first-order chi connectivity index (χ1) is 11.5. The highest BCUT2D eigenvalue weighted by atomic mass is 19.1. The van der Waals surface area contributed by atoms with E-state index in [-0.39, 0.29) is 18.3 Å². The molecule has 2 rings (SSSR count). The topological polar surface area (TPSA) is 80.0 Å². The third-order valence-corrected chi connectivity index (χ3v) is 3.63.